The van der Waals surface area contributed by atoms with E-state index in [9.17, 15) is 9.59 Å². The average molecular weight is 245 g/mol. The van der Waals surface area contributed by atoms with Crippen LogP contribution >= 0.6 is 0 Å². The van der Waals surface area contributed by atoms with Crippen molar-refractivity contribution in [1.29, 1.82) is 0 Å². The minimum Gasteiger partial charge on any atom is -0.465 e. The quantitative estimate of drug-likeness (QED) is 0.695. The third kappa shape index (κ3) is 2.52. The number of hydrogen-bond acceptors (Lipinski definition) is 5. The van der Waals surface area contributed by atoms with Gasteiger partial charge in [-0.25, -0.2) is 9.59 Å². The van der Waals surface area contributed by atoms with E-state index in [-0.39, 0.29) is 0 Å². The van der Waals surface area contributed by atoms with Crippen LogP contribution in [0.1, 0.15) is 26.2 Å². The van der Waals surface area contributed by atoms with Gasteiger partial charge in [0.25, 0.3) is 0 Å². The number of likely N-dealkylation sites (tertiary alicyclic amines) is 1. The molecule has 1 saturated heterocycles. The fourth-order valence-corrected chi connectivity index (χ4v) is 1.97. The number of hydrogen-bond donors (Lipinski definition) is 0. The monoisotopic (exact) mass is 245 g/mol. The fourth-order valence-electron chi connectivity index (χ4n) is 1.97. The summed E-state index contributed by atoms with van der Waals surface area (Å²) in [5.74, 6) is -0.564. The van der Waals surface area contributed by atoms with E-state index in [0.29, 0.717) is 26.0 Å². The van der Waals surface area contributed by atoms with Crippen molar-refractivity contribution in [2.45, 2.75) is 31.9 Å². The van der Waals surface area contributed by atoms with Crippen molar-refractivity contribution >= 4 is 12.1 Å². The lowest BCUT2D eigenvalue weighted by Gasteiger charge is -2.33. The second kappa shape index (κ2) is 5.86. The summed E-state index contributed by atoms with van der Waals surface area (Å²) in [6.45, 7) is 2.67. The number of amides is 1. The summed E-state index contributed by atoms with van der Waals surface area (Å²) in [4.78, 5) is 24.9. The summed E-state index contributed by atoms with van der Waals surface area (Å²) in [7, 11) is 2.67. The van der Waals surface area contributed by atoms with Crippen LogP contribution < -0.4 is 0 Å². The Labute approximate surface area is 101 Å². The Hall–Kier alpha value is -1.30. The minimum absolute atomic E-state index is 0.330. The Morgan fingerprint density at radius 1 is 1.35 bits per heavy atom. The van der Waals surface area contributed by atoms with Gasteiger partial charge in [-0.1, -0.05) is 6.92 Å². The lowest BCUT2D eigenvalue weighted by molar-refractivity contribution is -0.183. The first-order valence-electron chi connectivity index (χ1n) is 5.70. The second-order valence-electron chi connectivity index (χ2n) is 3.85. The highest BCUT2D eigenvalue weighted by Crippen LogP contribution is 2.31. The fraction of sp³-hybridized carbons (Fsp3) is 0.818. The third-order valence-corrected chi connectivity index (χ3v) is 2.83. The van der Waals surface area contributed by atoms with Crippen LogP contribution in [0.5, 0.6) is 0 Å². The highest BCUT2D eigenvalue weighted by molar-refractivity contribution is 5.84. The van der Waals surface area contributed by atoms with Crippen molar-refractivity contribution < 1.29 is 23.8 Å². The first-order chi connectivity index (χ1) is 8.12. The minimum atomic E-state index is -1.32. The lowest BCUT2D eigenvalue weighted by Crippen LogP contribution is -2.55. The number of esters is 1. The van der Waals surface area contributed by atoms with E-state index in [0.717, 1.165) is 6.42 Å². The maximum Gasteiger partial charge on any atom is 0.412 e. The summed E-state index contributed by atoms with van der Waals surface area (Å²) >= 11 is 0. The Morgan fingerprint density at radius 3 is 2.59 bits per heavy atom. The third-order valence-electron chi connectivity index (χ3n) is 2.83. The number of ether oxygens (including phenoxy) is 3. The molecule has 0 bridgehead atoms. The molecule has 0 spiro atoms. The highest BCUT2D eigenvalue weighted by Gasteiger charge is 2.52. The first-order valence-corrected chi connectivity index (χ1v) is 5.70. The van der Waals surface area contributed by atoms with Gasteiger partial charge >= 0.3 is 12.1 Å². The largest absolute Gasteiger partial charge is 0.465 e. The first kappa shape index (κ1) is 13.8. The summed E-state index contributed by atoms with van der Waals surface area (Å²) in [6.07, 6.45) is 1.32. The Bertz CT molecular complexity index is 294. The molecule has 1 heterocycles. The molecule has 0 radical (unpaired) electrons. The molecule has 1 atom stereocenters. The summed E-state index contributed by atoms with van der Waals surface area (Å²) in [5, 5.41) is 0. The number of carbonyl (C=O) groups excluding carboxylic acids is 2. The SMILES string of the molecule is CCCOC(=O)N1CCC[C@@]1(OC)C(=O)OC. The number of rotatable bonds is 4. The van der Waals surface area contributed by atoms with Crippen molar-refractivity contribution in [2.75, 3.05) is 27.4 Å². The number of carbonyl (C=O) groups is 2. The van der Waals surface area contributed by atoms with Gasteiger partial charge in [-0.3, -0.25) is 4.90 Å². The van der Waals surface area contributed by atoms with E-state index >= 15 is 0 Å². The number of nitrogens with zero attached hydrogens (tertiary/aromatic N) is 1. The van der Waals surface area contributed by atoms with Crippen LogP contribution in [0.3, 0.4) is 0 Å². The molecule has 0 aromatic carbocycles. The van der Waals surface area contributed by atoms with Crippen molar-refractivity contribution in [3.05, 3.63) is 0 Å². The van der Waals surface area contributed by atoms with Crippen LogP contribution in [-0.4, -0.2) is 50.1 Å². The molecule has 1 rings (SSSR count). The molecule has 0 saturated carbocycles. The van der Waals surface area contributed by atoms with Crippen LogP contribution in [-0.2, 0) is 19.0 Å². The van der Waals surface area contributed by atoms with Crippen molar-refractivity contribution in [1.82, 2.24) is 4.90 Å². The maximum atomic E-state index is 11.8. The average Bonchev–Trinajstić information content (AvgIpc) is 2.79. The molecule has 17 heavy (non-hydrogen) atoms. The smallest absolute Gasteiger partial charge is 0.412 e. The summed E-state index contributed by atoms with van der Waals surface area (Å²) < 4.78 is 14.9. The Balaban J connectivity index is 2.82. The van der Waals surface area contributed by atoms with Gasteiger partial charge in [0.15, 0.2) is 0 Å². The second-order valence-corrected chi connectivity index (χ2v) is 3.85. The molecule has 6 heteroatoms. The van der Waals surface area contributed by atoms with Crippen molar-refractivity contribution in [3.63, 3.8) is 0 Å². The van der Waals surface area contributed by atoms with Crippen LogP contribution in [0, 0.1) is 0 Å². The molecule has 0 aromatic heterocycles. The van der Waals surface area contributed by atoms with Gasteiger partial charge in [-0.2, -0.15) is 0 Å². The van der Waals surface area contributed by atoms with Crippen LogP contribution in [0.2, 0.25) is 0 Å². The van der Waals surface area contributed by atoms with Gasteiger partial charge in [0.2, 0.25) is 5.72 Å². The van der Waals surface area contributed by atoms with Crippen LogP contribution in [0.15, 0.2) is 0 Å². The molecule has 0 aromatic rings. The number of methoxy groups -OCH3 is 2. The zero-order chi connectivity index (χ0) is 12.9. The topological polar surface area (TPSA) is 65.1 Å². The van der Waals surface area contributed by atoms with Gasteiger partial charge in [0.1, 0.15) is 0 Å². The molecule has 0 unspecified atom stereocenters. The maximum absolute atomic E-state index is 11.8. The highest BCUT2D eigenvalue weighted by atomic mass is 16.6. The zero-order valence-corrected chi connectivity index (χ0v) is 10.5. The normalized spacial score (nSPS) is 23.6. The lowest BCUT2D eigenvalue weighted by atomic mass is 10.1. The van der Waals surface area contributed by atoms with E-state index in [1.807, 2.05) is 6.92 Å². The molecule has 1 fully saturated rings. The predicted octanol–water partition coefficient (Wildman–Crippen LogP) is 1.14. The van der Waals surface area contributed by atoms with E-state index < -0.39 is 17.8 Å². The molecule has 0 aliphatic carbocycles. The standard InChI is InChI=1S/C11H19NO5/c1-4-8-17-10(14)12-7-5-6-11(12,16-3)9(13)15-2/h4-8H2,1-3H3/t11-/m1/s1. The Morgan fingerprint density at radius 2 is 2.06 bits per heavy atom. The van der Waals surface area contributed by atoms with E-state index in [4.69, 9.17) is 14.2 Å². The van der Waals surface area contributed by atoms with Gasteiger partial charge in [0, 0.05) is 20.1 Å². The molecular formula is C11H19NO5. The molecule has 1 aliphatic rings. The molecular weight excluding hydrogens is 226 g/mol. The van der Waals surface area contributed by atoms with Crippen molar-refractivity contribution in [2.24, 2.45) is 0 Å². The van der Waals surface area contributed by atoms with E-state index in [1.165, 1.54) is 19.1 Å². The zero-order valence-electron chi connectivity index (χ0n) is 10.5. The molecule has 0 N–H and O–H groups in total. The van der Waals surface area contributed by atoms with Gasteiger partial charge in [-0.05, 0) is 12.8 Å². The van der Waals surface area contributed by atoms with Crippen LogP contribution in [0.25, 0.3) is 0 Å². The molecule has 1 amide bonds. The molecule has 1 aliphatic heterocycles. The van der Waals surface area contributed by atoms with Gasteiger partial charge < -0.3 is 14.2 Å². The van der Waals surface area contributed by atoms with Gasteiger partial charge in [0.05, 0.1) is 13.7 Å². The molecule has 6 nitrogen and oxygen atoms in total. The van der Waals surface area contributed by atoms with E-state index in [2.05, 4.69) is 0 Å². The van der Waals surface area contributed by atoms with E-state index in [1.54, 1.807) is 0 Å². The molecule has 98 valence electrons. The summed E-state index contributed by atoms with van der Waals surface area (Å²) in [5.41, 5.74) is -1.32. The van der Waals surface area contributed by atoms with Crippen LogP contribution in [0.4, 0.5) is 4.79 Å². The Kier molecular flexibility index (Phi) is 4.74. The summed E-state index contributed by atoms with van der Waals surface area (Å²) in [6, 6.07) is 0. The predicted molar refractivity (Wildman–Crippen MR) is 59.3 cm³/mol. The van der Waals surface area contributed by atoms with Crippen molar-refractivity contribution in [3.8, 4) is 0 Å². The van der Waals surface area contributed by atoms with Gasteiger partial charge in [-0.15, -0.1) is 0 Å².